The van der Waals surface area contributed by atoms with Gasteiger partial charge in [0.15, 0.2) is 0 Å². The zero-order chi connectivity index (χ0) is 46.0. The van der Waals surface area contributed by atoms with Gasteiger partial charge in [0.05, 0.1) is 0 Å². The third-order valence-corrected chi connectivity index (χ3v) is 9.74. The van der Waals surface area contributed by atoms with Gasteiger partial charge in [-0.25, -0.2) is 0 Å². The summed E-state index contributed by atoms with van der Waals surface area (Å²) < 4.78 is 0. The van der Waals surface area contributed by atoms with Crippen molar-refractivity contribution in [2.75, 3.05) is 0 Å². The minimum Gasteiger partial charge on any atom is -0.0683 e. The van der Waals surface area contributed by atoms with Gasteiger partial charge in [-0.3, -0.25) is 0 Å². The van der Waals surface area contributed by atoms with Gasteiger partial charge in [0.1, 0.15) is 0 Å². The summed E-state index contributed by atoms with van der Waals surface area (Å²) in [6.45, 7) is 51.0. The third-order valence-electron chi connectivity index (χ3n) is 9.74. The van der Waals surface area contributed by atoms with E-state index in [1.807, 2.05) is 119 Å². The molecule has 0 aliphatic heterocycles. The van der Waals surface area contributed by atoms with Crippen molar-refractivity contribution in [2.45, 2.75) is 74.7 Å². The first-order valence-corrected chi connectivity index (χ1v) is 21.2. The SMILES string of the molecule is CC.CC.[CH2]c1ccccc1C.[CH2]c1ccccc1C.[CH2]c1ccccc1C.[CH2]c1ccccc1C.[CH]=C(c1ccc(C)cc1)c1ccccc1C([CH2])([CH2])c1ccc(C)cc1. The van der Waals surface area contributed by atoms with E-state index in [4.69, 9.17) is 6.58 Å². The number of rotatable bonds is 4. The van der Waals surface area contributed by atoms with Crippen LogP contribution >= 0.6 is 0 Å². The zero-order valence-corrected chi connectivity index (χ0v) is 39.0. The molecule has 0 N–H and O–H groups in total. The minimum absolute atomic E-state index is 0.625. The fourth-order valence-corrected chi connectivity index (χ4v) is 5.49. The van der Waals surface area contributed by atoms with Crippen molar-refractivity contribution in [3.63, 3.8) is 0 Å². The molecule has 0 nitrogen and oxygen atoms in total. The fourth-order valence-electron chi connectivity index (χ4n) is 5.49. The van der Waals surface area contributed by atoms with Gasteiger partial charge in [-0.15, -0.1) is 0 Å². The molecular formula is C61H71. The van der Waals surface area contributed by atoms with Crippen LogP contribution in [0.3, 0.4) is 0 Å². The Kier molecular flexibility index (Phi) is 25.1. The molecular weight excluding hydrogens is 733 g/mol. The lowest BCUT2D eigenvalue weighted by atomic mass is 9.74. The minimum atomic E-state index is -0.625. The summed E-state index contributed by atoms with van der Waals surface area (Å²) in [4.78, 5) is 0. The Hall–Kier alpha value is -5.72. The van der Waals surface area contributed by atoms with Crippen LogP contribution in [-0.4, -0.2) is 0 Å². The molecule has 0 aliphatic carbocycles. The fraction of sp³-hybridized carbons (Fsp3) is 0.180. The second-order valence-corrected chi connectivity index (χ2v) is 14.5. The molecule has 7 radical (unpaired) electrons. The molecule has 0 fully saturated rings. The monoisotopic (exact) mass is 804 g/mol. The standard InChI is InChI=1S/C25H23.4C8H9.2C2H6/c1-18-10-14-21(15-11-18)20(3)23-8-6-7-9-24(23)25(4,5)22-16-12-19(2)13-17-22;4*1-7-5-3-4-6-8(7)2;2*1-2/h3,6-17H,4-5H2,1-2H3;4*3-6H,1H2,2H3;2*1-2H3. The van der Waals surface area contributed by atoms with Gasteiger partial charge in [-0.1, -0.05) is 215 Å². The van der Waals surface area contributed by atoms with Crippen molar-refractivity contribution < 1.29 is 0 Å². The number of aryl methyl sites for hydroxylation is 6. The molecule has 7 rings (SSSR count). The van der Waals surface area contributed by atoms with Gasteiger partial charge < -0.3 is 0 Å². The lowest BCUT2D eigenvalue weighted by Gasteiger charge is -2.29. The second kappa shape index (κ2) is 28.7. The third kappa shape index (κ3) is 18.6. The molecule has 61 heavy (non-hydrogen) atoms. The van der Waals surface area contributed by atoms with Crippen LogP contribution in [0.4, 0.5) is 0 Å². The van der Waals surface area contributed by atoms with Gasteiger partial charge >= 0.3 is 0 Å². The summed E-state index contributed by atoms with van der Waals surface area (Å²) in [5.74, 6) is 0. The van der Waals surface area contributed by atoms with E-state index in [1.54, 1.807) is 0 Å². The highest BCUT2D eigenvalue weighted by atomic mass is 14.3. The van der Waals surface area contributed by atoms with Crippen LogP contribution in [0.15, 0.2) is 170 Å². The Morgan fingerprint density at radius 2 is 0.656 bits per heavy atom. The van der Waals surface area contributed by atoms with Crippen LogP contribution in [0.1, 0.15) is 106 Å². The molecule has 7 aromatic carbocycles. The first-order valence-electron chi connectivity index (χ1n) is 21.2. The summed E-state index contributed by atoms with van der Waals surface area (Å²) in [6.07, 6.45) is 0. The summed E-state index contributed by atoms with van der Waals surface area (Å²) >= 11 is 0. The predicted octanol–water partition coefficient (Wildman–Crippen LogP) is 16.9. The van der Waals surface area contributed by atoms with E-state index in [0.29, 0.717) is 0 Å². The van der Waals surface area contributed by atoms with E-state index in [0.717, 1.165) is 50.1 Å². The quantitative estimate of drug-likeness (QED) is 0.166. The Morgan fingerprint density at radius 3 is 0.951 bits per heavy atom. The first-order chi connectivity index (χ1) is 29.1. The van der Waals surface area contributed by atoms with E-state index in [1.165, 1.54) is 33.4 Å². The molecule has 315 valence electrons. The largest absolute Gasteiger partial charge is 0.0683 e. The van der Waals surface area contributed by atoms with Crippen LogP contribution in [0.2, 0.25) is 0 Å². The molecule has 0 heterocycles. The molecule has 0 amide bonds. The Labute approximate surface area is 374 Å². The van der Waals surface area contributed by atoms with Gasteiger partial charge in [0.25, 0.3) is 0 Å². The Balaban J connectivity index is 0.000000423. The maximum atomic E-state index is 6.53. The van der Waals surface area contributed by atoms with Crippen molar-refractivity contribution >= 4 is 5.57 Å². The van der Waals surface area contributed by atoms with Crippen molar-refractivity contribution in [1.29, 1.82) is 0 Å². The van der Waals surface area contributed by atoms with Crippen LogP contribution in [0.25, 0.3) is 5.57 Å². The van der Waals surface area contributed by atoms with Gasteiger partial charge in [0, 0.05) is 5.41 Å². The lowest BCUT2D eigenvalue weighted by molar-refractivity contribution is 0.802. The van der Waals surface area contributed by atoms with Crippen molar-refractivity contribution in [2.24, 2.45) is 0 Å². The molecule has 0 bridgehead atoms. The van der Waals surface area contributed by atoms with E-state index < -0.39 is 5.41 Å². The first kappa shape index (κ1) is 53.3. The molecule has 0 aromatic heterocycles. The number of benzene rings is 7. The molecule has 0 unspecified atom stereocenters. The molecule has 0 spiro atoms. The highest BCUT2D eigenvalue weighted by Gasteiger charge is 2.26. The average Bonchev–Trinajstić information content (AvgIpc) is 3.27. The maximum absolute atomic E-state index is 6.53. The molecule has 0 atom stereocenters. The van der Waals surface area contributed by atoms with Crippen LogP contribution in [0.5, 0.6) is 0 Å². The molecule has 0 aliphatic rings. The topological polar surface area (TPSA) is 0 Å². The summed E-state index contributed by atoms with van der Waals surface area (Å²) in [5, 5.41) is 0. The lowest BCUT2D eigenvalue weighted by Crippen LogP contribution is -2.21. The Bertz CT molecular complexity index is 2000. The smallest absolute Gasteiger partial charge is 0.0209 e. The predicted molar refractivity (Wildman–Crippen MR) is 272 cm³/mol. The van der Waals surface area contributed by atoms with Gasteiger partial charge in [0.2, 0.25) is 0 Å². The van der Waals surface area contributed by atoms with E-state index in [9.17, 15) is 0 Å². The molecule has 0 heteroatoms. The van der Waals surface area contributed by atoms with Gasteiger partial charge in [-0.05, 0) is 155 Å². The number of hydrogen-bond donors (Lipinski definition) is 0. The Morgan fingerprint density at radius 1 is 0.377 bits per heavy atom. The van der Waals surface area contributed by atoms with E-state index in [2.05, 4.69) is 162 Å². The second-order valence-electron chi connectivity index (χ2n) is 14.5. The van der Waals surface area contributed by atoms with Gasteiger partial charge in [-0.2, -0.15) is 0 Å². The maximum Gasteiger partial charge on any atom is 0.0209 e. The summed E-state index contributed by atoms with van der Waals surface area (Å²) in [5.41, 5.74) is 16.2. The molecule has 7 aromatic rings. The van der Waals surface area contributed by atoms with Crippen molar-refractivity contribution in [1.82, 2.24) is 0 Å². The van der Waals surface area contributed by atoms with Crippen LogP contribution < -0.4 is 0 Å². The van der Waals surface area contributed by atoms with Crippen LogP contribution in [0, 0.1) is 89.7 Å². The number of hydrogen-bond acceptors (Lipinski definition) is 0. The highest BCUT2D eigenvalue weighted by molar-refractivity contribution is 5.80. The van der Waals surface area contributed by atoms with Crippen molar-refractivity contribution in [3.05, 3.63) is 296 Å². The van der Waals surface area contributed by atoms with Crippen LogP contribution in [-0.2, 0) is 5.41 Å². The zero-order valence-electron chi connectivity index (χ0n) is 39.0. The summed E-state index contributed by atoms with van der Waals surface area (Å²) in [7, 11) is 0. The highest BCUT2D eigenvalue weighted by Crippen LogP contribution is 2.37. The van der Waals surface area contributed by atoms with E-state index >= 15 is 0 Å². The average molecular weight is 804 g/mol. The molecule has 0 saturated carbocycles. The van der Waals surface area contributed by atoms with Crippen molar-refractivity contribution in [3.8, 4) is 0 Å². The van der Waals surface area contributed by atoms with E-state index in [-0.39, 0.29) is 0 Å². The summed E-state index contributed by atoms with van der Waals surface area (Å²) in [6, 6.07) is 57.1. The molecule has 0 saturated heterocycles. The normalized spacial score (nSPS) is 9.70.